The van der Waals surface area contributed by atoms with E-state index >= 15 is 0 Å². The molecular weight excluding hydrogens is 515 g/mol. The predicted molar refractivity (Wildman–Crippen MR) is 156 cm³/mol. The molecule has 5 nitrogen and oxygen atoms in total. The number of rotatable bonds is 17. The minimum atomic E-state index is -1.51. The number of aryl methyl sites for hydroxylation is 1. The monoisotopic (exact) mass is 560 g/mol. The largest absolute Gasteiger partial charge is 0.492 e. The average Bonchev–Trinajstić information content (AvgIpc) is 2.95. The van der Waals surface area contributed by atoms with Gasteiger partial charge in [-0.3, -0.25) is 0 Å². The third-order valence-electron chi connectivity index (χ3n) is 7.58. The number of hydrogen-bond acceptors (Lipinski definition) is 5. The molecule has 1 fully saturated rings. The summed E-state index contributed by atoms with van der Waals surface area (Å²) in [5, 5.41) is 0.534. The van der Waals surface area contributed by atoms with Crippen LogP contribution < -0.4 is 4.74 Å². The molecule has 1 heterocycles. The summed E-state index contributed by atoms with van der Waals surface area (Å²) < 4.78 is 25.3. The number of carbonyl (C=O) groups excluding carboxylic acids is 1. The summed E-state index contributed by atoms with van der Waals surface area (Å²) in [5.41, 5.74) is 2.03. The molecule has 0 aliphatic heterocycles. The van der Waals surface area contributed by atoms with Gasteiger partial charge in [0.1, 0.15) is 11.9 Å². The summed E-state index contributed by atoms with van der Waals surface area (Å²) in [6.07, 6.45) is 17.2. The van der Waals surface area contributed by atoms with Crippen LogP contribution >= 0.6 is 11.6 Å². The zero-order valence-electron chi connectivity index (χ0n) is 23.8. The minimum absolute atomic E-state index is 0.196. The molecule has 3 rings (SSSR count). The molecule has 1 saturated carbocycles. The van der Waals surface area contributed by atoms with Gasteiger partial charge in [0.25, 0.3) is 0 Å². The first-order chi connectivity index (χ1) is 19.0. The van der Waals surface area contributed by atoms with Gasteiger partial charge >= 0.3 is 5.97 Å². The van der Waals surface area contributed by atoms with Gasteiger partial charge < -0.3 is 9.47 Å². The van der Waals surface area contributed by atoms with E-state index in [0.29, 0.717) is 35.5 Å². The highest BCUT2D eigenvalue weighted by atomic mass is 35.5. The summed E-state index contributed by atoms with van der Waals surface area (Å²) >= 11 is 6.53. The lowest BCUT2D eigenvalue weighted by atomic mass is 9.88. The van der Waals surface area contributed by atoms with E-state index in [9.17, 15) is 9.18 Å². The van der Waals surface area contributed by atoms with Gasteiger partial charge in [0.05, 0.1) is 11.6 Å². The number of benzene rings is 1. The van der Waals surface area contributed by atoms with Crippen LogP contribution in [0.5, 0.6) is 5.75 Å². The third-order valence-corrected chi connectivity index (χ3v) is 7.88. The van der Waals surface area contributed by atoms with Gasteiger partial charge in [-0.15, -0.1) is 0 Å². The number of hydrogen-bond donors (Lipinski definition) is 0. The number of ether oxygens (including phenoxy) is 2. The van der Waals surface area contributed by atoms with Gasteiger partial charge in [-0.05, 0) is 74.6 Å². The quantitative estimate of drug-likeness (QED) is 0.143. The molecular formula is C32H46ClFN2O3. The highest BCUT2D eigenvalue weighted by Crippen LogP contribution is 2.32. The molecule has 0 saturated heterocycles. The minimum Gasteiger partial charge on any atom is -0.492 e. The number of aromatic nitrogens is 2. The van der Waals surface area contributed by atoms with Gasteiger partial charge in [0.2, 0.25) is 0 Å². The molecule has 1 aliphatic carbocycles. The third kappa shape index (κ3) is 11.1. The molecule has 0 bridgehead atoms. The Morgan fingerprint density at radius 2 is 1.64 bits per heavy atom. The summed E-state index contributed by atoms with van der Waals surface area (Å²) in [6, 6.07) is 5.66. The Kier molecular flexibility index (Phi) is 14.0. The van der Waals surface area contributed by atoms with Crippen LogP contribution in [0.25, 0.3) is 11.4 Å². The van der Waals surface area contributed by atoms with Crippen LogP contribution in [-0.4, -0.2) is 34.8 Å². The van der Waals surface area contributed by atoms with Crippen molar-refractivity contribution < 1.29 is 18.7 Å². The van der Waals surface area contributed by atoms with Gasteiger partial charge in [0.15, 0.2) is 12.0 Å². The van der Waals surface area contributed by atoms with Crippen molar-refractivity contribution in [1.29, 1.82) is 0 Å². The average molecular weight is 561 g/mol. The lowest BCUT2D eigenvalue weighted by Crippen LogP contribution is -2.30. The first kappa shape index (κ1) is 31.3. The summed E-state index contributed by atoms with van der Waals surface area (Å²) in [6.45, 7) is 4.77. The maximum Gasteiger partial charge on any atom is 0.340 e. The zero-order valence-corrected chi connectivity index (χ0v) is 24.6. The highest BCUT2D eigenvalue weighted by Gasteiger charge is 2.27. The standard InChI is InChI=1S/C32H46ClFN2O3/c1-3-5-7-8-9-10-11-12-25-21-35-31(36-22-25)26-16-19-30(28(33)20-26)38-23-24-14-17-27(18-15-24)39-32(37)29(34)13-6-4-2/h16,19-22,24,27,29H,3-15,17-18,23H2,1-2H3/t24?,27?,29-/m0/s1. The van der Waals surface area contributed by atoms with Crippen molar-refractivity contribution in [2.75, 3.05) is 6.61 Å². The number of nitrogens with zero attached hydrogens (tertiary/aromatic N) is 2. The van der Waals surface area contributed by atoms with E-state index in [4.69, 9.17) is 21.1 Å². The fourth-order valence-corrected chi connectivity index (χ4v) is 5.27. The SMILES string of the molecule is CCCCCCCCCc1cnc(-c2ccc(OCC3CCC(OC(=O)[C@@H](F)CCCC)CC3)c(Cl)c2)nc1. The van der Waals surface area contributed by atoms with Crippen LogP contribution in [0.15, 0.2) is 30.6 Å². The lowest BCUT2D eigenvalue weighted by Gasteiger charge is -2.28. The Labute approximate surface area is 239 Å². The summed E-state index contributed by atoms with van der Waals surface area (Å²) in [7, 11) is 0. The van der Waals surface area contributed by atoms with Gasteiger partial charge in [-0.2, -0.15) is 0 Å². The zero-order chi connectivity index (χ0) is 27.9. The molecule has 0 radical (unpaired) electrons. The molecule has 39 heavy (non-hydrogen) atoms. The van der Waals surface area contributed by atoms with Crippen molar-refractivity contribution in [3.63, 3.8) is 0 Å². The second-order valence-electron chi connectivity index (χ2n) is 10.9. The highest BCUT2D eigenvalue weighted by molar-refractivity contribution is 6.32. The van der Waals surface area contributed by atoms with Gasteiger partial charge in [-0.1, -0.05) is 76.8 Å². The van der Waals surface area contributed by atoms with Crippen molar-refractivity contribution in [3.05, 3.63) is 41.2 Å². The molecule has 1 aliphatic rings. The number of halogens is 2. The van der Waals surface area contributed by atoms with Crippen LogP contribution in [-0.2, 0) is 16.0 Å². The van der Waals surface area contributed by atoms with Gasteiger partial charge in [-0.25, -0.2) is 19.2 Å². The van der Waals surface area contributed by atoms with E-state index < -0.39 is 12.1 Å². The van der Waals surface area contributed by atoms with Crippen molar-refractivity contribution in [1.82, 2.24) is 9.97 Å². The van der Waals surface area contributed by atoms with Crippen molar-refractivity contribution in [2.24, 2.45) is 5.92 Å². The molecule has 1 atom stereocenters. The van der Waals surface area contributed by atoms with E-state index in [-0.39, 0.29) is 12.5 Å². The van der Waals surface area contributed by atoms with E-state index in [1.807, 2.05) is 37.5 Å². The van der Waals surface area contributed by atoms with Crippen LogP contribution in [0.4, 0.5) is 4.39 Å². The predicted octanol–water partition coefficient (Wildman–Crippen LogP) is 9.10. The summed E-state index contributed by atoms with van der Waals surface area (Å²) in [4.78, 5) is 21.1. The first-order valence-corrected chi connectivity index (χ1v) is 15.5. The molecule has 7 heteroatoms. The maximum absolute atomic E-state index is 13.9. The second-order valence-corrected chi connectivity index (χ2v) is 11.3. The number of esters is 1. The Morgan fingerprint density at radius 1 is 0.974 bits per heavy atom. The smallest absolute Gasteiger partial charge is 0.340 e. The molecule has 2 aromatic rings. The van der Waals surface area contributed by atoms with Crippen molar-refractivity contribution in [2.45, 2.75) is 122 Å². The van der Waals surface area contributed by atoms with Crippen LogP contribution in [0.2, 0.25) is 5.02 Å². The Hall–Kier alpha value is -2.21. The fraction of sp³-hybridized carbons (Fsp3) is 0.656. The van der Waals surface area contributed by atoms with E-state index in [1.54, 1.807) is 0 Å². The second kappa shape index (κ2) is 17.5. The first-order valence-electron chi connectivity index (χ1n) is 15.1. The molecule has 0 unspecified atom stereocenters. The topological polar surface area (TPSA) is 61.3 Å². The number of unbranched alkanes of at least 4 members (excludes halogenated alkanes) is 7. The molecule has 216 valence electrons. The number of alkyl halides is 1. The normalized spacial score (nSPS) is 18.1. The van der Waals surface area contributed by atoms with Gasteiger partial charge in [0, 0.05) is 18.0 Å². The maximum atomic E-state index is 13.9. The lowest BCUT2D eigenvalue weighted by molar-refractivity contribution is -0.157. The molecule has 1 aromatic carbocycles. The van der Waals surface area contributed by atoms with Crippen LogP contribution in [0, 0.1) is 5.92 Å². The molecule has 0 N–H and O–H groups in total. The van der Waals surface area contributed by atoms with Crippen LogP contribution in [0.3, 0.4) is 0 Å². The van der Waals surface area contributed by atoms with E-state index in [1.165, 1.54) is 50.5 Å². The molecule has 0 spiro atoms. The Balaban J connectivity index is 1.38. The van der Waals surface area contributed by atoms with Crippen molar-refractivity contribution in [3.8, 4) is 17.1 Å². The summed E-state index contributed by atoms with van der Waals surface area (Å²) in [5.74, 6) is 0.941. The Bertz CT molecular complexity index is 980. The van der Waals surface area contributed by atoms with Crippen LogP contribution in [0.1, 0.15) is 109 Å². The van der Waals surface area contributed by atoms with E-state index in [2.05, 4.69) is 16.9 Å². The Morgan fingerprint density at radius 3 is 2.31 bits per heavy atom. The fourth-order valence-electron chi connectivity index (χ4n) is 5.04. The number of carbonyl (C=O) groups is 1. The van der Waals surface area contributed by atoms with E-state index in [0.717, 1.165) is 44.1 Å². The molecule has 0 amide bonds. The molecule has 1 aromatic heterocycles. The van der Waals surface area contributed by atoms with Crippen molar-refractivity contribution >= 4 is 17.6 Å².